The standard InChI is InChI=1S/C14H20N2O2/c1-10-4-3-5-12(14(17)18)13(10)15-11-6-8-16(2)9-7-11/h3-5,11,15H,6-9H2,1-2H3,(H,17,18). The third-order valence-electron chi connectivity index (χ3n) is 3.57. The third-order valence-corrected chi connectivity index (χ3v) is 3.57. The van der Waals surface area contributed by atoms with E-state index in [2.05, 4.69) is 17.3 Å². The molecule has 1 aromatic rings. The number of hydrogen-bond acceptors (Lipinski definition) is 3. The molecule has 0 aliphatic carbocycles. The molecule has 1 aromatic carbocycles. The molecule has 0 bridgehead atoms. The highest BCUT2D eigenvalue weighted by atomic mass is 16.4. The highest BCUT2D eigenvalue weighted by molar-refractivity contribution is 5.95. The van der Waals surface area contributed by atoms with E-state index in [9.17, 15) is 9.90 Å². The summed E-state index contributed by atoms with van der Waals surface area (Å²) < 4.78 is 0. The zero-order valence-electron chi connectivity index (χ0n) is 10.9. The average Bonchev–Trinajstić information content (AvgIpc) is 2.34. The van der Waals surface area contributed by atoms with Gasteiger partial charge in [0.15, 0.2) is 0 Å². The van der Waals surface area contributed by atoms with Crippen LogP contribution in [0.25, 0.3) is 0 Å². The average molecular weight is 248 g/mol. The number of piperidine rings is 1. The summed E-state index contributed by atoms with van der Waals surface area (Å²) in [5, 5.41) is 12.6. The van der Waals surface area contributed by atoms with Crippen molar-refractivity contribution in [2.75, 3.05) is 25.5 Å². The Morgan fingerprint density at radius 3 is 2.67 bits per heavy atom. The third kappa shape index (κ3) is 2.82. The predicted molar refractivity (Wildman–Crippen MR) is 72.3 cm³/mol. The van der Waals surface area contributed by atoms with E-state index in [0.29, 0.717) is 11.6 Å². The van der Waals surface area contributed by atoms with E-state index in [0.717, 1.165) is 37.2 Å². The zero-order chi connectivity index (χ0) is 13.1. The molecular formula is C14H20N2O2. The first-order valence-electron chi connectivity index (χ1n) is 6.36. The van der Waals surface area contributed by atoms with Crippen LogP contribution in [0.1, 0.15) is 28.8 Å². The van der Waals surface area contributed by atoms with Crippen molar-refractivity contribution in [1.29, 1.82) is 0 Å². The van der Waals surface area contributed by atoms with Crippen molar-refractivity contribution >= 4 is 11.7 Å². The highest BCUT2D eigenvalue weighted by Crippen LogP contribution is 2.24. The van der Waals surface area contributed by atoms with Gasteiger partial charge in [-0.05, 0) is 51.5 Å². The first-order chi connectivity index (χ1) is 8.58. The van der Waals surface area contributed by atoms with Crippen LogP contribution in [-0.4, -0.2) is 42.2 Å². The second-order valence-electron chi connectivity index (χ2n) is 5.02. The minimum atomic E-state index is -0.867. The van der Waals surface area contributed by atoms with Gasteiger partial charge in [0.25, 0.3) is 0 Å². The Labute approximate surface area is 108 Å². The monoisotopic (exact) mass is 248 g/mol. The number of hydrogen-bond donors (Lipinski definition) is 2. The van der Waals surface area contributed by atoms with Gasteiger partial charge in [-0.15, -0.1) is 0 Å². The fraction of sp³-hybridized carbons (Fsp3) is 0.500. The summed E-state index contributed by atoms with van der Waals surface area (Å²) >= 11 is 0. The molecule has 18 heavy (non-hydrogen) atoms. The van der Waals surface area contributed by atoms with Crippen molar-refractivity contribution in [3.63, 3.8) is 0 Å². The quantitative estimate of drug-likeness (QED) is 0.861. The molecule has 0 spiro atoms. The Morgan fingerprint density at radius 1 is 1.39 bits per heavy atom. The zero-order valence-corrected chi connectivity index (χ0v) is 10.9. The number of carboxylic acids is 1. The SMILES string of the molecule is Cc1cccc(C(=O)O)c1NC1CCN(C)CC1. The minimum Gasteiger partial charge on any atom is -0.478 e. The molecule has 0 saturated carbocycles. The smallest absolute Gasteiger partial charge is 0.337 e. The number of rotatable bonds is 3. The van der Waals surface area contributed by atoms with Crippen LogP contribution in [-0.2, 0) is 0 Å². The van der Waals surface area contributed by atoms with Gasteiger partial charge in [-0.1, -0.05) is 12.1 Å². The Kier molecular flexibility index (Phi) is 3.87. The molecule has 1 saturated heterocycles. The van der Waals surface area contributed by atoms with Crippen LogP contribution in [0.2, 0.25) is 0 Å². The fourth-order valence-corrected chi connectivity index (χ4v) is 2.39. The second kappa shape index (κ2) is 5.40. The highest BCUT2D eigenvalue weighted by Gasteiger charge is 2.19. The number of carbonyl (C=O) groups is 1. The first-order valence-corrected chi connectivity index (χ1v) is 6.36. The summed E-state index contributed by atoms with van der Waals surface area (Å²) in [5.74, 6) is -0.867. The second-order valence-corrected chi connectivity index (χ2v) is 5.02. The lowest BCUT2D eigenvalue weighted by Gasteiger charge is -2.31. The van der Waals surface area contributed by atoms with Gasteiger partial charge in [0.1, 0.15) is 0 Å². The van der Waals surface area contributed by atoms with Crippen molar-refractivity contribution in [2.24, 2.45) is 0 Å². The number of benzene rings is 1. The van der Waals surface area contributed by atoms with Gasteiger partial charge in [-0.2, -0.15) is 0 Å². The maximum atomic E-state index is 11.2. The lowest BCUT2D eigenvalue weighted by atomic mass is 10.0. The summed E-state index contributed by atoms with van der Waals surface area (Å²) in [7, 11) is 2.12. The van der Waals surface area contributed by atoms with Crippen molar-refractivity contribution in [2.45, 2.75) is 25.8 Å². The lowest BCUT2D eigenvalue weighted by Crippen LogP contribution is -2.37. The number of nitrogens with one attached hydrogen (secondary N) is 1. The van der Waals surface area contributed by atoms with Gasteiger partial charge < -0.3 is 15.3 Å². The Balaban J connectivity index is 2.15. The lowest BCUT2D eigenvalue weighted by molar-refractivity contribution is 0.0697. The van der Waals surface area contributed by atoms with Crippen LogP contribution >= 0.6 is 0 Å². The van der Waals surface area contributed by atoms with Crippen molar-refractivity contribution in [3.8, 4) is 0 Å². The maximum Gasteiger partial charge on any atom is 0.337 e. The van der Waals surface area contributed by atoms with E-state index in [4.69, 9.17) is 0 Å². The largest absolute Gasteiger partial charge is 0.478 e. The van der Waals surface area contributed by atoms with Crippen LogP contribution in [0.5, 0.6) is 0 Å². The minimum absolute atomic E-state index is 0.369. The fourth-order valence-electron chi connectivity index (χ4n) is 2.39. The molecule has 1 fully saturated rings. The van der Waals surface area contributed by atoms with E-state index < -0.39 is 5.97 Å². The summed E-state index contributed by atoms with van der Waals surface area (Å²) in [6, 6.07) is 5.77. The number of likely N-dealkylation sites (tertiary alicyclic amines) is 1. The van der Waals surface area contributed by atoms with E-state index in [1.165, 1.54) is 0 Å². The van der Waals surface area contributed by atoms with Gasteiger partial charge in [0.2, 0.25) is 0 Å². The molecule has 0 atom stereocenters. The van der Waals surface area contributed by atoms with Gasteiger partial charge in [0.05, 0.1) is 11.3 Å². The van der Waals surface area contributed by atoms with Crippen LogP contribution in [0, 0.1) is 6.92 Å². The normalized spacial score (nSPS) is 17.7. The van der Waals surface area contributed by atoms with E-state index >= 15 is 0 Å². The summed E-state index contributed by atoms with van der Waals surface area (Å²) in [6.45, 7) is 4.07. The van der Waals surface area contributed by atoms with Crippen molar-refractivity contribution in [1.82, 2.24) is 4.90 Å². The van der Waals surface area contributed by atoms with Gasteiger partial charge in [-0.3, -0.25) is 0 Å². The molecule has 2 rings (SSSR count). The number of nitrogens with zero attached hydrogens (tertiary/aromatic N) is 1. The molecule has 0 aromatic heterocycles. The van der Waals surface area contributed by atoms with Gasteiger partial charge >= 0.3 is 5.97 Å². The van der Waals surface area contributed by atoms with Gasteiger partial charge in [0, 0.05) is 6.04 Å². The first kappa shape index (κ1) is 12.9. The maximum absolute atomic E-state index is 11.2. The van der Waals surface area contributed by atoms with E-state index in [-0.39, 0.29) is 0 Å². The number of anilines is 1. The molecule has 4 heteroatoms. The molecule has 0 unspecified atom stereocenters. The number of para-hydroxylation sites is 1. The Morgan fingerprint density at radius 2 is 2.06 bits per heavy atom. The van der Waals surface area contributed by atoms with Crippen LogP contribution < -0.4 is 5.32 Å². The molecule has 0 radical (unpaired) electrons. The molecule has 0 amide bonds. The molecule has 98 valence electrons. The van der Waals surface area contributed by atoms with Crippen molar-refractivity contribution < 1.29 is 9.90 Å². The van der Waals surface area contributed by atoms with E-state index in [1.54, 1.807) is 12.1 Å². The number of aryl methyl sites for hydroxylation is 1. The molecule has 1 aliphatic rings. The van der Waals surface area contributed by atoms with E-state index in [1.807, 2.05) is 13.0 Å². The molecular weight excluding hydrogens is 228 g/mol. The topological polar surface area (TPSA) is 52.6 Å². The Hall–Kier alpha value is -1.55. The molecule has 2 N–H and O–H groups in total. The summed E-state index contributed by atoms with van der Waals surface area (Å²) in [4.78, 5) is 13.5. The number of carboxylic acid groups (broad SMARTS) is 1. The van der Waals surface area contributed by atoms with Crippen molar-refractivity contribution in [3.05, 3.63) is 29.3 Å². The number of aromatic carboxylic acids is 1. The molecule has 1 aliphatic heterocycles. The summed E-state index contributed by atoms with van der Waals surface area (Å²) in [5.41, 5.74) is 2.14. The molecule has 4 nitrogen and oxygen atoms in total. The summed E-state index contributed by atoms with van der Waals surface area (Å²) in [6.07, 6.45) is 2.12. The predicted octanol–water partition coefficient (Wildman–Crippen LogP) is 2.20. The van der Waals surface area contributed by atoms with Crippen LogP contribution in [0.4, 0.5) is 5.69 Å². The Bertz CT molecular complexity index is 437. The van der Waals surface area contributed by atoms with Crippen LogP contribution in [0.15, 0.2) is 18.2 Å². The van der Waals surface area contributed by atoms with Gasteiger partial charge in [-0.25, -0.2) is 4.79 Å². The molecule has 1 heterocycles. The van der Waals surface area contributed by atoms with Crippen LogP contribution in [0.3, 0.4) is 0 Å².